The molecule has 1 fully saturated rings. The highest BCUT2D eigenvalue weighted by molar-refractivity contribution is 6.31. The van der Waals surface area contributed by atoms with Crippen molar-refractivity contribution in [2.45, 2.75) is 32.8 Å². The molecule has 1 heterocycles. The molecule has 1 aromatic rings. The van der Waals surface area contributed by atoms with E-state index in [4.69, 9.17) is 25.8 Å². The minimum atomic E-state index is -0.398. The molecule has 0 aliphatic carbocycles. The van der Waals surface area contributed by atoms with Gasteiger partial charge >= 0.3 is 5.97 Å². The van der Waals surface area contributed by atoms with Crippen molar-refractivity contribution in [3.8, 4) is 5.75 Å². The minimum absolute atomic E-state index is 0.0158. The van der Waals surface area contributed by atoms with Gasteiger partial charge in [0, 0.05) is 24.5 Å². The molecule has 0 saturated carbocycles. The standard InChI is InChI=1S/C18H24ClNO5/c1-13-10-15(5-6-16(13)19)24-8-3-4-18(22)25-12-17(21)20-7-9-23-14(2)11-20/h5-6,10,14H,3-4,7-9,11-12H2,1-2H3. The molecule has 0 radical (unpaired) electrons. The third-order valence-corrected chi connectivity index (χ3v) is 4.30. The molecule has 6 nitrogen and oxygen atoms in total. The Morgan fingerprint density at radius 1 is 1.40 bits per heavy atom. The maximum Gasteiger partial charge on any atom is 0.306 e. The second kappa shape index (κ2) is 9.63. The number of halogens is 1. The lowest BCUT2D eigenvalue weighted by Gasteiger charge is -2.30. The number of hydrogen-bond acceptors (Lipinski definition) is 5. The molecule has 7 heteroatoms. The average Bonchev–Trinajstić information content (AvgIpc) is 2.59. The Hall–Kier alpha value is -1.79. The molecule has 1 amide bonds. The number of morpholine rings is 1. The van der Waals surface area contributed by atoms with Gasteiger partial charge in [-0.2, -0.15) is 0 Å². The van der Waals surface area contributed by atoms with Crippen LogP contribution in [0, 0.1) is 6.92 Å². The Kier molecular flexibility index (Phi) is 7.52. The third kappa shape index (κ3) is 6.55. The Bertz CT molecular complexity index is 607. The highest BCUT2D eigenvalue weighted by atomic mass is 35.5. The monoisotopic (exact) mass is 369 g/mol. The number of esters is 1. The molecule has 1 aliphatic heterocycles. The number of carbonyl (C=O) groups is 2. The number of ether oxygens (including phenoxy) is 3. The zero-order valence-corrected chi connectivity index (χ0v) is 15.4. The van der Waals surface area contributed by atoms with Crippen LogP contribution in [0.25, 0.3) is 0 Å². The molecule has 1 unspecified atom stereocenters. The van der Waals surface area contributed by atoms with Gasteiger partial charge in [0.1, 0.15) is 5.75 Å². The number of hydrogen-bond donors (Lipinski definition) is 0. The molecule has 0 bridgehead atoms. The van der Waals surface area contributed by atoms with Crippen LogP contribution in [0.15, 0.2) is 18.2 Å². The number of nitrogens with zero attached hydrogens (tertiary/aromatic N) is 1. The van der Waals surface area contributed by atoms with E-state index in [1.54, 1.807) is 17.0 Å². The van der Waals surface area contributed by atoms with Crippen molar-refractivity contribution in [1.82, 2.24) is 4.90 Å². The summed E-state index contributed by atoms with van der Waals surface area (Å²) in [6, 6.07) is 5.41. The Balaban J connectivity index is 1.60. The van der Waals surface area contributed by atoms with Crippen LogP contribution in [-0.2, 0) is 19.1 Å². The fraction of sp³-hybridized carbons (Fsp3) is 0.556. The largest absolute Gasteiger partial charge is 0.494 e. The van der Waals surface area contributed by atoms with Crippen LogP contribution in [0.4, 0.5) is 0 Å². The van der Waals surface area contributed by atoms with Gasteiger partial charge in [-0.1, -0.05) is 11.6 Å². The highest BCUT2D eigenvalue weighted by Gasteiger charge is 2.22. The number of carbonyl (C=O) groups excluding carboxylic acids is 2. The molecule has 1 saturated heterocycles. The molecule has 1 atom stereocenters. The summed E-state index contributed by atoms with van der Waals surface area (Å²) in [5, 5.41) is 0.690. The van der Waals surface area contributed by atoms with Gasteiger partial charge in [-0.3, -0.25) is 9.59 Å². The van der Waals surface area contributed by atoms with Crippen LogP contribution in [0.3, 0.4) is 0 Å². The molecule has 25 heavy (non-hydrogen) atoms. The van der Waals surface area contributed by atoms with Gasteiger partial charge < -0.3 is 19.1 Å². The normalized spacial score (nSPS) is 17.2. The lowest BCUT2D eigenvalue weighted by Crippen LogP contribution is -2.46. The summed E-state index contributed by atoms with van der Waals surface area (Å²) < 4.78 is 16.0. The van der Waals surface area contributed by atoms with Crippen molar-refractivity contribution in [2.24, 2.45) is 0 Å². The first-order valence-electron chi connectivity index (χ1n) is 8.39. The van der Waals surface area contributed by atoms with Gasteiger partial charge in [-0.25, -0.2) is 0 Å². The van der Waals surface area contributed by atoms with E-state index in [0.717, 1.165) is 5.56 Å². The number of aryl methyl sites for hydroxylation is 1. The number of benzene rings is 1. The molecule has 0 N–H and O–H groups in total. The molecule has 1 aliphatic rings. The van der Waals surface area contributed by atoms with Crippen molar-refractivity contribution in [1.29, 1.82) is 0 Å². The molecule has 1 aromatic carbocycles. The lowest BCUT2D eigenvalue weighted by atomic mass is 10.2. The molecule has 0 spiro atoms. The first-order chi connectivity index (χ1) is 12.0. The average molecular weight is 370 g/mol. The van der Waals surface area contributed by atoms with Crippen LogP contribution in [-0.4, -0.2) is 55.8 Å². The van der Waals surface area contributed by atoms with E-state index in [0.29, 0.717) is 43.5 Å². The molecular formula is C18H24ClNO5. The first kappa shape index (κ1) is 19.5. The maximum atomic E-state index is 12.0. The second-order valence-corrected chi connectivity index (χ2v) is 6.45. The van der Waals surface area contributed by atoms with E-state index in [9.17, 15) is 9.59 Å². The third-order valence-electron chi connectivity index (χ3n) is 3.87. The Morgan fingerprint density at radius 2 is 2.20 bits per heavy atom. The van der Waals surface area contributed by atoms with E-state index >= 15 is 0 Å². The number of amides is 1. The van der Waals surface area contributed by atoms with Gasteiger partial charge in [0.2, 0.25) is 0 Å². The maximum absolute atomic E-state index is 12.0. The van der Waals surface area contributed by atoms with Crippen molar-refractivity contribution < 1.29 is 23.8 Å². The topological polar surface area (TPSA) is 65.1 Å². The van der Waals surface area contributed by atoms with E-state index in [1.807, 2.05) is 19.9 Å². The van der Waals surface area contributed by atoms with Crippen LogP contribution < -0.4 is 4.74 Å². The van der Waals surface area contributed by atoms with Crippen LogP contribution in [0.2, 0.25) is 5.02 Å². The summed E-state index contributed by atoms with van der Waals surface area (Å²) in [5.41, 5.74) is 0.939. The van der Waals surface area contributed by atoms with Crippen LogP contribution in [0.1, 0.15) is 25.3 Å². The van der Waals surface area contributed by atoms with Crippen molar-refractivity contribution in [2.75, 3.05) is 32.9 Å². The fourth-order valence-electron chi connectivity index (χ4n) is 2.46. The quantitative estimate of drug-likeness (QED) is 0.546. The molecular weight excluding hydrogens is 346 g/mol. The predicted octanol–water partition coefficient (Wildman–Crippen LogP) is 2.60. The predicted molar refractivity (Wildman–Crippen MR) is 93.9 cm³/mol. The molecule has 138 valence electrons. The van der Waals surface area contributed by atoms with E-state index in [-0.39, 0.29) is 25.0 Å². The lowest BCUT2D eigenvalue weighted by molar-refractivity contribution is -0.155. The first-order valence-corrected chi connectivity index (χ1v) is 8.77. The summed E-state index contributed by atoms with van der Waals surface area (Å²) in [5.74, 6) is 0.133. The van der Waals surface area contributed by atoms with Gasteiger partial charge in [0.15, 0.2) is 6.61 Å². The van der Waals surface area contributed by atoms with Crippen molar-refractivity contribution >= 4 is 23.5 Å². The highest BCUT2D eigenvalue weighted by Crippen LogP contribution is 2.21. The fourth-order valence-corrected chi connectivity index (χ4v) is 2.58. The minimum Gasteiger partial charge on any atom is -0.494 e. The summed E-state index contributed by atoms with van der Waals surface area (Å²) in [4.78, 5) is 25.4. The van der Waals surface area contributed by atoms with Crippen molar-refractivity contribution in [3.05, 3.63) is 28.8 Å². The Morgan fingerprint density at radius 3 is 2.92 bits per heavy atom. The van der Waals surface area contributed by atoms with Gasteiger partial charge in [-0.05, 0) is 44.0 Å². The van der Waals surface area contributed by atoms with Gasteiger partial charge in [0.25, 0.3) is 5.91 Å². The van der Waals surface area contributed by atoms with Crippen LogP contribution in [0.5, 0.6) is 5.75 Å². The Labute approximate surface area is 153 Å². The van der Waals surface area contributed by atoms with Crippen molar-refractivity contribution in [3.63, 3.8) is 0 Å². The van der Waals surface area contributed by atoms with E-state index in [2.05, 4.69) is 0 Å². The SMILES string of the molecule is Cc1cc(OCCCC(=O)OCC(=O)N2CCOC(C)C2)ccc1Cl. The summed E-state index contributed by atoms with van der Waals surface area (Å²) in [6.07, 6.45) is 0.741. The molecule has 2 rings (SSSR count). The molecule has 0 aromatic heterocycles. The smallest absolute Gasteiger partial charge is 0.306 e. The summed E-state index contributed by atoms with van der Waals surface area (Å²) >= 11 is 5.95. The van der Waals surface area contributed by atoms with Gasteiger partial charge in [0.05, 0.1) is 19.3 Å². The number of rotatable bonds is 7. The summed E-state index contributed by atoms with van der Waals surface area (Å²) in [6.45, 7) is 5.57. The zero-order chi connectivity index (χ0) is 18.2. The second-order valence-electron chi connectivity index (χ2n) is 6.04. The van der Waals surface area contributed by atoms with E-state index in [1.165, 1.54) is 0 Å². The summed E-state index contributed by atoms with van der Waals surface area (Å²) in [7, 11) is 0. The van der Waals surface area contributed by atoms with E-state index < -0.39 is 5.97 Å². The van der Waals surface area contributed by atoms with Gasteiger partial charge in [-0.15, -0.1) is 0 Å². The zero-order valence-electron chi connectivity index (χ0n) is 14.6. The van der Waals surface area contributed by atoms with Crippen LogP contribution >= 0.6 is 11.6 Å².